The molecule has 1 aliphatic carbocycles. The first kappa shape index (κ1) is 21.4. The van der Waals surface area contributed by atoms with Crippen LogP contribution in [-0.2, 0) is 30.4 Å². The summed E-state index contributed by atoms with van der Waals surface area (Å²) in [6.07, 6.45) is -2.53. The number of rotatable bonds is 7. The third kappa shape index (κ3) is 5.54. The van der Waals surface area contributed by atoms with Gasteiger partial charge in [0.2, 0.25) is 0 Å². The third-order valence-corrected chi connectivity index (χ3v) is 4.15. The Kier molecular flexibility index (Phi) is 7.13. The predicted octanol–water partition coefficient (Wildman–Crippen LogP) is 0.440. The maximum absolute atomic E-state index is 12.3. The molecular weight excluding hydrogens is 370 g/mol. The van der Waals surface area contributed by atoms with Crippen LogP contribution >= 0.6 is 0 Å². The number of esters is 2. The van der Waals surface area contributed by atoms with Crippen LogP contribution in [-0.4, -0.2) is 59.2 Å². The normalized spacial score (nSPS) is 23.5. The van der Waals surface area contributed by atoms with Crippen LogP contribution in [0.15, 0.2) is 42.0 Å². The van der Waals surface area contributed by atoms with Crippen molar-refractivity contribution in [1.29, 1.82) is 0 Å². The third-order valence-electron chi connectivity index (χ3n) is 4.15. The maximum Gasteiger partial charge on any atom is 0.408 e. The second-order valence-corrected chi connectivity index (χ2v) is 6.40. The van der Waals surface area contributed by atoms with Gasteiger partial charge in [0.05, 0.1) is 0 Å². The van der Waals surface area contributed by atoms with Gasteiger partial charge in [-0.05, 0) is 17.2 Å². The highest BCUT2D eigenvalue weighted by Gasteiger charge is 2.49. The van der Waals surface area contributed by atoms with Crippen LogP contribution in [0.4, 0.5) is 4.79 Å². The molecule has 0 heterocycles. The van der Waals surface area contributed by atoms with Crippen LogP contribution in [0.5, 0.6) is 0 Å². The van der Waals surface area contributed by atoms with Gasteiger partial charge in [-0.25, -0.2) is 4.79 Å². The first-order valence-electron chi connectivity index (χ1n) is 8.57. The minimum absolute atomic E-state index is 0.0149. The number of amides is 1. The monoisotopic (exact) mass is 393 g/mol. The van der Waals surface area contributed by atoms with E-state index in [1.54, 1.807) is 24.3 Å². The molecule has 0 bridgehead atoms. The van der Waals surface area contributed by atoms with E-state index < -0.39 is 42.4 Å². The van der Waals surface area contributed by atoms with Crippen molar-refractivity contribution in [2.24, 2.45) is 0 Å². The fourth-order valence-electron chi connectivity index (χ4n) is 2.74. The summed E-state index contributed by atoms with van der Waals surface area (Å²) in [4.78, 5) is 34.5. The quantitative estimate of drug-likeness (QED) is 0.345. The molecule has 0 spiro atoms. The van der Waals surface area contributed by atoms with E-state index in [1.165, 1.54) is 19.9 Å². The molecular formula is C19H23NO8. The Morgan fingerprint density at radius 2 is 1.64 bits per heavy atom. The number of hydrogen-bond donors (Lipinski definition) is 3. The Balaban J connectivity index is 2.13. The summed E-state index contributed by atoms with van der Waals surface area (Å²) in [5.74, 6) is -1.21. The zero-order chi connectivity index (χ0) is 20.7. The molecule has 2 rings (SSSR count). The molecule has 1 amide bonds. The average molecular weight is 393 g/mol. The fraction of sp³-hybridized carbons (Fsp3) is 0.421. The molecule has 3 N–H and O–H groups in total. The first-order valence-corrected chi connectivity index (χ1v) is 8.57. The van der Waals surface area contributed by atoms with E-state index in [4.69, 9.17) is 14.2 Å². The lowest BCUT2D eigenvalue weighted by Crippen LogP contribution is -2.59. The van der Waals surface area contributed by atoms with Crippen molar-refractivity contribution in [2.45, 2.75) is 38.2 Å². The van der Waals surface area contributed by atoms with Gasteiger partial charge >= 0.3 is 18.0 Å². The van der Waals surface area contributed by atoms with Gasteiger partial charge in [-0.3, -0.25) is 9.59 Å². The smallest absolute Gasteiger partial charge is 0.408 e. The van der Waals surface area contributed by atoms with Gasteiger partial charge in [0.15, 0.2) is 0 Å². The van der Waals surface area contributed by atoms with E-state index in [0.29, 0.717) is 0 Å². The van der Waals surface area contributed by atoms with Gasteiger partial charge in [0, 0.05) is 13.8 Å². The van der Waals surface area contributed by atoms with Gasteiger partial charge in [0.1, 0.15) is 37.6 Å². The Hall–Kier alpha value is -2.91. The number of aliphatic hydroxyl groups is 2. The molecule has 0 aromatic heterocycles. The topological polar surface area (TPSA) is 131 Å². The molecule has 1 aromatic carbocycles. The van der Waals surface area contributed by atoms with Crippen molar-refractivity contribution in [3.63, 3.8) is 0 Å². The van der Waals surface area contributed by atoms with E-state index in [1.807, 2.05) is 6.07 Å². The van der Waals surface area contributed by atoms with Gasteiger partial charge in [-0.15, -0.1) is 0 Å². The number of aliphatic hydroxyl groups excluding tert-OH is 2. The van der Waals surface area contributed by atoms with E-state index in [9.17, 15) is 24.6 Å². The van der Waals surface area contributed by atoms with Crippen molar-refractivity contribution in [3.8, 4) is 0 Å². The molecule has 0 saturated carbocycles. The van der Waals surface area contributed by atoms with Crippen LogP contribution < -0.4 is 5.32 Å². The molecule has 0 saturated heterocycles. The summed E-state index contributed by atoms with van der Waals surface area (Å²) < 4.78 is 14.9. The van der Waals surface area contributed by atoms with Gasteiger partial charge < -0.3 is 29.7 Å². The molecule has 152 valence electrons. The lowest BCUT2D eigenvalue weighted by atomic mass is 9.96. The number of ether oxygens (including phenoxy) is 3. The second kappa shape index (κ2) is 9.34. The molecule has 3 atom stereocenters. The maximum atomic E-state index is 12.3. The summed E-state index contributed by atoms with van der Waals surface area (Å²) in [6.45, 7) is 1.63. The molecule has 0 fully saturated rings. The number of alkyl carbamates (subject to hydrolysis) is 1. The van der Waals surface area contributed by atoms with Crippen LogP contribution in [0.25, 0.3) is 0 Å². The Bertz CT molecular complexity index is 748. The molecule has 9 heteroatoms. The van der Waals surface area contributed by atoms with Crippen LogP contribution in [0.3, 0.4) is 0 Å². The van der Waals surface area contributed by atoms with E-state index in [0.717, 1.165) is 5.56 Å². The van der Waals surface area contributed by atoms with Crippen molar-refractivity contribution in [2.75, 3.05) is 13.2 Å². The number of carbonyl (C=O) groups excluding carboxylic acids is 3. The largest absolute Gasteiger partial charge is 0.463 e. The number of nitrogens with one attached hydrogen (secondary N) is 1. The molecule has 1 aromatic rings. The lowest BCUT2D eigenvalue weighted by molar-refractivity contribution is -0.145. The summed E-state index contributed by atoms with van der Waals surface area (Å²) in [6, 6.07) is 8.95. The van der Waals surface area contributed by atoms with Crippen LogP contribution in [0.2, 0.25) is 0 Å². The molecule has 9 nitrogen and oxygen atoms in total. The summed E-state index contributed by atoms with van der Waals surface area (Å²) in [5, 5.41) is 23.2. The fourth-order valence-corrected chi connectivity index (χ4v) is 2.74. The molecule has 0 aliphatic heterocycles. The predicted molar refractivity (Wildman–Crippen MR) is 95.9 cm³/mol. The minimum atomic E-state index is -1.63. The Labute approximate surface area is 161 Å². The van der Waals surface area contributed by atoms with Crippen LogP contribution in [0, 0.1) is 0 Å². The standard InChI is InChI=1S/C19H23NO8/c1-12(21)26-10-15-8-19(11-28-13(2)22,17(24)16(15)23)20-18(25)27-9-14-6-4-3-5-7-14/h3-8,16-17,23-24H,9-11H2,1-2H3,(H,20,25)/t16-,17-,19+/m1/s1. The van der Waals surface area contributed by atoms with Crippen molar-refractivity contribution in [3.05, 3.63) is 47.5 Å². The highest BCUT2D eigenvalue weighted by molar-refractivity contribution is 5.70. The SMILES string of the molecule is CC(=O)OCC1=C[C@@](COC(C)=O)(NC(=O)OCc2ccccc2)[C@H](O)[C@@H]1O. The zero-order valence-electron chi connectivity index (χ0n) is 15.6. The zero-order valence-corrected chi connectivity index (χ0v) is 15.6. The molecule has 1 aliphatic rings. The lowest BCUT2D eigenvalue weighted by Gasteiger charge is -2.32. The van der Waals surface area contributed by atoms with Gasteiger partial charge in [-0.2, -0.15) is 0 Å². The highest BCUT2D eigenvalue weighted by atomic mass is 16.6. The Morgan fingerprint density at radius 1 is 1.00 bits per heavy atom. The summed E-state index contributed by atoms with van der Waals surface area (Å²) >= 11 is 0. The molecule has 0 unspecified atom stereocenters. The molecule has 28 heavy (non-hydrogen) atoms. The minimum Gasteiger partial charge on any atom is -0.463 e. The highest BCUT2D eigenvalue weighted by Crippen LogP contribution is 2.30. The van der Waals surface area contributed by atoms with Crippen molar-refractivity contribution < 1.29 is 38.8 Å². The summed E-state index contributed by atoms with van der Waals surface area (Å²) in [5.41, 5.74) is -0.711. The van der Waals surface area contributed by atoms with E-state index in [2.05, 4.69) is 5.32 Å². The van der Waals surface area contributed by atoms with E-state index in [-0.39, 0.29) is 18.8 Å². The number of benzene rings is 1. The number of hydrogen-bond acceptors (Lipinski definition) is 8. The van der Waals surface area contributed by atoms with Crippen LogP contribution in [0.1, 0.15) is 19.4 Å². The van der Waals surface area contributed by atoms with Crippen molar-refractivity contribution in [1.82, 2.24) is 5.32 Å². The van der Waals surface area contributed by atoms with Gasteiger partial charge in [0.25, 0.3) is 0 Å². The van der Waals surface area contributed by atoms with E-state index >= 15 is 0 Å². The summed E-state index contributed by atoms with van der Waals surface area (Å²) in [7, 11) is 0. The first-order chi connectivity index (χ1) is 13.2. The second-order valence-electron chi connectivity index (χ2n) is 6.40. The molecule has 0 radical (unpaired) electrons. The average Bonchev–Trinajstić information content (AvgIpc) is 2.89. The van der Waals surface area contributed by atoms with Gasteiger partial charge in [-0.1, -0.05) is 30.3 Å². The Morgan fingerprint density at radius 3 is 2.25 bits per heavy atom. The van der Waals surface area contributed by atoms with Crippen molar-refractivity contribution >= 4 is 18.0 Å². The number of carbonyl (C=O) groups is 3.